The fraction of sp³-hybridized carbons (Fsp3) is 0.381. The summed E-state index contributed by atoms with van der Waals surface area (Å²) in [5.41, 5.74) is 1.05. The summed E-state index contributed by atoms with van der Waals surface area (Å²) in [6.07, 6.45) is 5.07. The van der Waals surface area contributed by atoms with Crippen molar-refractivity contribution < 1.29 is 9.53 Å². The maximum atomic E-state index is 12.3. The smallest absolute Gasteiger partial charge is 0.273 e. The number of ether oxygens (including phenoxy) is 1. The van der Waals surface area contributed by atoms with Gasteiger partial charge in [0, 0.05) is 19.2 Å². The van der Waals surface area contributed by atoms with E-state index in [1.54, 1.807) is 0 Å². The second-order valence-corrected chi connectivity index (χ2v) is 7.12. The van der Waals surface area contributed by atoms with Crippen LogP contribution in [0.25, 0.3) is 5.69 Å². The van der Waals surface area contributed by atoms with Crippen LogP contribution in [0.3, 0.4) is 0 Å². The Morgan fingerprint density at radius 3 is 2.73 bits per heavy atom. The van der Waals surface area contributed by atoms with Crippen molar-refractivity contribution in [1.29, 1.82) is 0 Å². The van der Waals surface area contributed by atoms with E-state index in [0.717, 1.165) is 24.6 Å². The molecule has 9 heteroatoms. The minimum atomic E-state index is -0.298. The zero-order valence-electron chi connectivity index (χ0n) is 17.0. The van der Waals surface area contributed by atoms with Crippen LogP contribution in [0.1, 0.15) is 35.6 Å². The van der Waals surface area contributed by atoms with Crippen LogP contribution in [0.2, 0.25) is 0 Å². The Labute approximate surface area is 175 Å². The molecule has 4 rings (SSSR count). The summed E-state index contributed by atoms with van der Waals surface area (Å²) >= 11 is 0. The van der Waals surface area contributed by atoms with E-state index >= 15 is 0 Å². The molecule has 156 valence electrons. The summed E-state index contributed by atoms with van der Waals surface area (Å²) < 4.78 is 5.75. The molecule has 0 radical (unpaired) electrons. The van der Waals surface area contributed by atoms with Crippen molar-refractivity contribution in [3.63, 3.8) is 0 Å². The minimum absolute atomic E-state index is 0.254. The van der Waals surface area contributed by atoms with Crippen molar-refractivity contribution in [2.45, 2.75) is 26.2 Å². The van der Waals surface area contributed by atoms with Gasteiger partial charge in [-0.25, -0.2) is 4.98 Å². The Balaban J connectivity index is 1.28. The lowest BCUT2D eigenvalue weighted by atomic mass is 10.1. The fourth-order valence-corrected chi connectivity index (χ4v) is 3.35. The van der Waals surface area contributed by atoms with Gasteiger partial charge >= 0.3 is 0 Å². The maximum Gasteiger partial charge on any atom is 0.273 e. The molecular formula is C21H25N7O2. The van der Waals surface area contributed by atoms with E-state index in [1.165, 1.54) is 30.3 Å². The number of piperidine rings is 1. The van der Waals surface area contributed by atoms with Gasteiger partial charge in [0.05, 0.1) is 18.4 Å². The van der Waals surface area contributed by atoms with Gasteiger partial charge < -0.3 is 15.0 Å². The van der Waals surface area contributed by atoms with Gasteiger partial charge in [0.15, 0.2) is 5.69 Å². The van der Waals surface area contributed by atoms with Crippen LogP contribution in [0.15, 0.2) is 42.6 Å². The van der Waals surface area contributed by atoms with Crippen LogP contribution in [-0.2, 0) is 0 Å². The van der Waals surface area contributed by atoms with Gasteiger partial charge in [-0.05, 0) is 38.3 Å². The average Bonchev–Trinajstić information content (AvgIpc) is 3.28. The van der Waals surface area contributed by atoms with Gasteiger partial charge in [-0.1, -0.05) is 18.2 Å². The maximum absolute atomic E-state index is 12.3. The third kappa shape index (κ3) is 4.91. The van der Waals surface area contributed by atoms with Crippen molar-refractivity contribution in [3.8, 4) is 11.6 Å². The van der Waals surface area contributed by atoms with Crippen LogP contribution >= 0.6 is 0 Å². The van der Waals surface area contributed by atoms with Crippen LogP contribution in [-0.4, -0.2) is 57.1 Å². The molecule has 3 heterocycles. The highest BCUT2D eigenvalue weighted by Crippen LogP contribution is 2.21. The number of aryl methyl sites for hydroxylation is 1. The molecule has 0 bridgehead atoms. The molecule has 1 saturated heterocycles. The normalized spacial score (nSPS) is 13.8. The molecule has 1 N–H and O–H groups in total. The number of carbonyl (C=O) groups excluding carboxylic acids is 1. The van der Waals surface area contributed by atoms with E-state index in [9.17, 15) is 4.79 Å². The van der Waals surface area contributed by atoms with Gasteiger partial charge in [-0.3, -0.25) is 4.79 Å². The van der Waals surface area contributed by atoms with Gasteiger partial charge in [0.25, 0.3) is 5.91 Å². The number of hydrogen-bond acceptors (Lipinski definition) is 7. The second-order valence-electron chi connectivity index (χ2n) is 7.12. The van der Waals surface area contributed by atoms with E-state index in [1.807, 2.05) is 43.3 Å². The zero-order valence-corrected chi connectivity index (χ0v) is 17.0. The number of anilines is 1. The number of hydrogen-bond donors (Lipinski definition) is 1. The molecular weight excluding hydrogens is 382 g/mol. The Bertz CT molecular complexity index is 984. The lowest BCUT2D eigenvalue weighted by molar-refractivity contribution is 0.0941. The number of amides is 1. The zero-order chi connectivity index (χ0) is 20.8. The summed E-state index contributed by atoms with van der Waals surface area (Å²) in [7, 11) is 0. The lowest BCUT2D eigenvalue weighted by Crippen LogP contribution is -2.30. The molecule has 30 heavy (non-hydrogen) atoms. The molecule has 0 saturated carbocycles. The molecule has 1 aromatic carbocycles. The number of rotatable bonds is 7. The van der Waals surface area contributed by atoms with Crippen molar-refractivity contribution >= 4 is 11.7 Å². The molecule has 9 nitrogen and oxygen atoms in total. The lowest BCUT2D eigenvalue weighted by Gasteiger charge is -2.28. The van der Waals surface area contributed by atoms with Crippen LogP contribution in [0.4, 0.5) is 5.82 Å². The Hall–Kier alpha value is -3.49. The molecule has 0 spiro atoms. The molecule has 3 aromatic rings. The van der Waals surface area contributed by atoms with Gasteiger partial charge in [0.2, 0.25) is 5.88 Å². The van der Waals surface area contributed by atoms with E-state index in [-0.39, 0.29) is 11.6 Å². The van der Waals surface area contributed by atoms with Crippen LogP contribution in [0.5, 0.6) is 5.88 Å². The highest BCUT2D eigenvalue weighted by molar-refractivity contribution is 5.91. The molecule has 1 amide bonds. The number of para-hydroxylation sites is 1. The van der Waals surface area contributed by atoms with Gasteiger partial charge in [-0.15, -0.1) is 5.10 Å². The largest absolute Gasteiger partial charge is 0.476 e. The van der Waals surface area contributed by atoms with E-state index in [4.69, 9.17) is 4.74 Å². The first kappa shape index (κ1) is 19.8. The fourth-order valence-electron chi connectivity index (χ4n) is 3.35. The second kappa shape index (κ2) is 9.34. The third-order valence-corrected chi connectivity index (χ3v) is 4.83. The Morgan fingerprint density at radius 1 is 1.13 bits per heavy atom. The number of aromatic nitrogens is 5. The molecule has 0 unspecified atom stereocenters. The summed E-state index contributed by atoms with van der Waals surface area (Å²) in [6.45, 7) is 4.51. The standard InChI is InChI=1S/C21H25N7O2/c1-16-24-19(27-11-6-3-7-12-27)14-20(25-16)30-13-10-22-21(29)18-15-23-28(26-18)17-8-4-2-5-9-17/h2,4-5,8-9,14-15H,3,6-7,10-13H2,1H3,(H,22,29). The number of carbonyl (C=O) groups is 1. The van der Waals surface area contributed by atoms with Crippen molar-refractivity contribution in [2.75, 3.05) is 31.1 Å². The first-order valence-corrected chi connectivity index (χ1v) is 10.2. The predicted molar refractivity (Wildman–Crippen MR) is 112 cm³/mol. The summed E-state index contributed by atoms with van der Waals surface area (Å²) in [6, 6.07) is 11.3. The Morgan fingerprint density at radius 2 is 1.93 bits per heavy atom. The van der Waals surface area contributed by atoms with E-state index in [2.05, 4.69) is 30.4 Å². The first-order valence-electron chi connectivity index (χ1n) is 10.2. The minimum Gasteiger partial charge on any atom is -0.476 e. The quantitative estimate of drug-likeness (QED) is 0.599. The summed E-state index contributed by atoms with van der Waals surface area (Å²) in [4.78, 5) is 24.9. The van der Waals surface area contributed by atoms with E-state index < -0.39 is 0 Å². The molecule has 1 fully saturated rings. The third-order valence-electron chi connectivity index (χ3n) is 4.83. The molecule has 1 aliphatic rings. The molecule has 0 atom stereocenters. The molecule has 2 aromatic heterocycles. The number of nitrogens with zero attached hydrogens (tertiary/aromatic N) is 6. The number of nitrogens with one attached hydrogen (secondary N) is 1. The van der Waals surface area contributed by atoms with Crippen molar-refractivity contribution in [1.82, 2.24) is 30.3 Å². The molecule has 1 aliphatic heterocycles. The first-order chi connectivity index (χ1) is 14.7. The highest BCUT2D eigenvalue weighted by atomic mass is 16.5. The summed E-state index contributed by atoms with van der Waals surface area (Å²) in [5, 5.41) is 11.2. The summed E-state index contributed by atoms with van der Waals surface area (Å²) in [5.74, 6) is 1.80. The van der Waals surface area contributed by atoms with Crippen LogP contribution < -0.4 is 15.0 Å². The highest BCUT2D eigenvalue weighted by Gasteiger charge is 2.15. The SMILES string of the molecule is Cc1nc(OCCNC(=O)c2cnn(-c3ccccc3)n2)cc(N2CCCCC2)n1. The van der Waals surface area contributed by atoms with Crippen molar-refractivity contribution in [2.24, 2.45) is 0 Å². The predicted octanol–water partition coefficient (Wildman–Crippen LogP) is 2.16. The van der Waals surface area contributed by atoms with E-state index in [0.29, 0.717) is 24.9 Å². The van der Waals surface area contributed by atoms with Gasteiger partial charge in [0.1, 0.15) is 18.2 Å². The molecule has 0 aliphatic carbocycles. The van der Waals surface area contributed by atoms with Gasteiger partial charge in [-0.2, -0.15) is 14.9 Å². The monoisotopic (exact) mass is 407 g/mol. The topological polar surface area (TPSA) is 98.1 Å². The number of benzene rings is 1. The van der Waals surface area contributed by atoms with Crippen molar-refractivity contribution in [3.05, 3.63) is 54.1 Å². The average molecular weight is 407 g/mol. The van der Waals surface area contributed by atoms with Crippen LogP contribution in [0, 0.1) is 6.92 Å². The Kier molecular flexibility index (Phi) is 6.17.